The number of hydrogen-bond donors (Lipinski definition) is 1. The third-order valence-electron chi connectivity index (χ3n) is 4.53. The van der Waals surface area contributed by atoms with Crippen molar-refractivity contribution in [3.05, 3.63) is 75.4 Å². The number of nitrogens with zero attached hydrogens (tertiary/aromatic N) is 2. The number of amides is 2. The van der Waals surface area contributed by atoms with Crippen LogP contribution in [0.1, 0.15) is 29.3 Å². The molecule has 0 spiro atoms. The Morgan fingerprint density at radius 3 is 2.61 bits per heavy atom. The van der Waals surface area contributed by atoms with Crippen molar-refractivity contribution in [2.24, 2.45) is 5.18 Å². The minimum Gasteiger partial charge on any atom is -0.346 e. The fourth-order valence-electron chi connectivity index (χ4n) is 2.91. The zero-order valence-electron chi connectivity index (χ0n) is 17.8. The Bertz CT molecular complexity index is 966. The molecular formula is C22H23ClFN3O5S. The molecule has 0 saturated carbocycles. The van der Waals surface area contributed by atoms with Crippen LogP contribution in [-0.2, 0) is 20.3 Å². The number of carbonyl (C=O) groups excluding carboxylic acids is 3. The highest BCUT2D eigenvalue weighted by Crippen LogP contribution is 2.19. The van der Waals surface area contributed by atoms with Gasteiger partial charge in [0.05, 0.1) is 16.6 Å². The van der Waals surface area contributed by atoms with Gasteiger partial charge in [0.25, 0.3) is 11.8 Å². The van der Waals surface area contributed by atoms with Crippen molar-refractivity contribution in [3.8, 4) is 0 Å². The molecule has 2 unspecified atom stereocenters. The first kappa shape index (κ1) is 26.4. The van der Waals surface area contributed by atoms with Gasteiger partial charge < -0.3 is 10.1 Å². The summed E-state index contributed by atoms with van der Waals surface area (Å²) in [5.41, 5.74) is 0.736. The second-order valence-corrected chi connectivity index (χ2v) is 8.03. The summed E-state index contributed by atoms with van der Waals surface area (Å²) in [4.78, 5) is 48.1. The summed E-state index contributed by atoms with van der Waals surface area (Å²) >= 11 is 6.88. The number of carbonyl (C=O) groups is 3. The van der Waals surface area contributed by atoms with Gasteiger partial charge in [0, 0.05) is 30.8 Å². The lowest BCUT2D eigenvalue weighted by atomic mass is 9.98. The second-order valence-electron chi connectivity index (χ2n) is 6.83. The van der Waals surface area contributed by atoms with Crippen LogP contribution in [0.3, 0.4) is 0 Å². The molecule has 11 heteroatoms. The van der Waals surface area contributed by atoms with Crippen molar-refractivity contribution in [2.75, 3.05) is 12.3 Å². The second kappa shape index (κ2) is 13.7. The first-order valence-electron chi connectivity index (χ1n) is 10.1. The first-order chi connectivity index (χ1) is 15.9. The van der Waals surface area contributed by atoms with Crippen molar-refractivity contribution in [1.29, 1.82) is 0 Å². The number of aldehydes is 1. The topological polar surface area (TPSA) is 105 Å². The Labute approximate surface area is 199 Å². The normalized spacial score (nSPS) is 12.5. The molecule has 2 aromatic carbocycles. The monoisotopic (exact) mass is 495 g/mol. The van der Waals surface area contributed by atoms with Gasteiger partial charge in [-0.25, -0.2) is 9.45 Å². The molecule has 0 aliphatic rings. The highest BCUT2D eigenvalue weighted by Gasteiger charge is 2.35. The van der Waals surface area contributed by atoms with E-state index in [2.05, 4.69) is 10.5 Å². The Hall–Kier alpha value is -2.82. The van der Waals surface area contributed by atoms with E-state index >= 15 is 0 Å². The third-order valence-corrected chi connectivity index (χ3v) is 5.53. The number of nitrogens with one attached hydrogen (secondary N) is 1. The van der Waals surface area contributed by atoms with E-state index in [0.29, 0.717) is 5.75 Å². The van der Waals surface area contributed by atoms with Crippen LogP contribution in [0, 0.1) is 10.7 Å². The molecule has 0 aliphatic carbocycles. The van der Waals surface area contributed by atoms with Gasteiger partial charge in [-0.3, -0.25) is 9.59 Å². The molecule has 2 rings (SSSR count). The minimum atomic E-state index is -1.51. The molecule has 2 aromatic rings. The number of halogens is 2. The zero-order chi connectivity index (χ0) is 24.2. The van der Waals surface area contributed by atoms with Gasteiger partial charge in [-0.05, 0) is 37.1 Å². The van der Waals surface area contributed by atoms with Crippen molar-refractivity contribution >= 4 is 41.7 Å². The lowest BCUT2D eigenvalue weighted by Crippen LogP contribution is -2.51. The summed E-state index contributed by atoms with van der Waals surface area (Å²) in [6, 6.07) is 9.65. The number of benzene rings is 2. The Morgan fingerprint density at radius 1 is 1.27 bits per heavy atom. The maximum Gasteiger partial charge on any atom is 0.277 e. The molecule has 0 saturated heterocycles. The molecule has 0 fully saturated rings. The van der Waals surface area contributed by atoms with Crippen LogP contribution < -0.4 is 5.32 Å². The van der Waals surface area contributed by atoms with E-state index in [9.17, 15) is 23.7 Å². The average molecular weight is 496 g/mol. The third kappa shape index (κ3) is 7.92. The lowest BCUT2D eigenvalue weighted by molar-refractivity contribution is -0.155. The average Bonchev–Trinajstić information content (AvgIpc) is 2.80. The van der Waals surface area contributed by atoms with E-state index in [-0.39, 0.29) is 30.0 Å². The molecule has 0 radical (unpaired) electrons. The Balaban J connectivity index is 2.27. The van der Waals surface area contributed by atoms with Crippen LogP contribution in [0.15, 0.2) is 53.7 Å². The van der Waals surface area contributed by atoms with Gasteiger partial charge >= 0.3 is 0 Å². The van der Waals surface area contributed by atoms with E-state index < -0.39 is 29.7 Å². The van der Waals surface area contributed by atoms with Gasteiger partial charge in [0.2, 0.25) is 0 Å². The smallest absolute Gasteiger partial charge is 0.277 e. The van der Waals surface area contributed by atoms with Crippen LogP contribution in [0.4, 0.5) is 4.39 Å². The van der Waals surface area contributed by atoms with E-state index in [0.717, 1.165) is 41.1 Å². The Kier molecular flexibility index (Phi) is 10.9. The lowest BCUT2D eigenvalue weighted by Gasteiger charge is -2.27. The van der Waals surface area contributed by atoms with Crippen LogP contribution in [0.5, 0.6) is 0 Å². The number of rotatable bonds is 13. The number of hydrogen-bond acceptors (Lipinski definition) is 7. The fraction of sp³-hybridized carbons (Fsp3) is 0.318. The predicted octanol–water partition coefficient (Wildman–Crippen LogP) is 3.97. The van der Waals surface area contributed by atoms with Crippen LogP contribution in [0.25, 0.3) is 0 Å². The summed E-state index contributed by atoms with van der Waals surface area (Å²) in [6.45, 7) is 1.75. The van der Waals surface area contributed by atoms with E-state index in [4.69, 9.17) is 15.9 Å². The number of hydroxylamine groups is 2. The Morgan fingerprint density at radius 2 is 2.00 bits per heavy atom. The maximum absolute atomic E-state index is 13.4. The minimum absolute atomic E-state index is 0.0127. The van der Waals surface area contributed by atoms with Gasteiger partial charge in [-0.15, -0.1) is 4.91 Å². The SMILES string of the molecule is CCN(OSCCC=O)C(=O)C(N=O)C(Cc1ccccc1)NC(=O)c1ccc(F)cc1Cl. The van der Waals surface area contributed by atoms with E-state index in [1.807, 2.05) is 0 Å². The summed E-state index contributed by atoms with van der Waals surface area (Å²) in [5, 5.41) is 6.46. The molecule has 33 heavy (non-hydrogen) atoms. The summed E-state index contributed by atoms with van der Waals surface area (Å²) in [5.74, 6) is -1.73. The molecule has 2 atom stereocenters. The molecule has 8 nitrogen and oxygen atoms in total. The molecule has 2 amide bonds. The quantitative estimate of drug-likeness (QED) is 0.148. The highest BCUT2D eigenvalue weighted by molar-refractivity contribution is 7.94. The predicted molar refractivity (Wildman–Crippen MR) is 124 cm³/mol. The number of nitroso groups, excluding NO2 is 1. The maximum atomic E-state index is 13.4. The molecule has 0 aromatic heterocycles. The molecule has 1 N–H and O–H groups in total. The van der Waals surface area contributed by atoms with Crippen molar-refractivity contribution in [3.63, 3.8) is 0 Å². The highest BCUT2D eigenvalue weighted by atomic mass is 35.5. The molecule has 0 heterocycles. The van der Waals surface area contributed by atoms with Crippen LogP contribution >= 0.6 is 23.6 Å². The van der Waals surface area contributed by atoms with Crippen LogP contribution in [-0.4, -0.2) is 47.5 Å². The van der Waals surface area contributed by atoms with Gasteiger partial charge in [-0.2, -0.15) is 4.28 Å². The van der Waals surface area contributed by atoms with Crippen LogP contribution in [0.2, 0.25) is 5.02 Å². The molecule has 0 bridgehead atoms. The molecule has 176 valence electrons. The van der Waals surface area contributed by atoms with Crippen molar-refractivity contribution in [1.82, 2.24) is 10.4 Å². The fourth-order valence-corrected chi connectivity index (χ4v) is 3.74. The summed E-state index contributed by atoms with van der Waals surface area (Å²) in [7, 11) is 0. The molecule has 0 aliphatic heterocycles. The van der Waals surface area contributed by atoms with E-state index in [1.54, 1.807) is 37.3 Å². The standard InChI is InChI=1S/C22H23ClFN3O5S/c1-2-27(32-33-12-6-11-28)22(30)20(26-31)19(13-15-7-4-3-5-8-15)25-21(29)17-10-9-16(24)14-18(17)23/h3-5,7-11,14,19-20H,2,6,12-13H2,1H3,(H,25,29). The largest absolute Gasteiger partial charge is 0.346 e. The number of likely N-dealkylation sites (N-methyl/N-ethyl adjacent to an activating group) is 1. The van der Waals surface area contributed by atoms with Gasteiger partial charge in [-0.1, -0.05) is 47.1 Å². The van der Waals surface area contributed by atoms with E-state index in [1.165, 1.54) is 6.07 Å². The first-order valence-corrected chi connectivity index (χ1v) is 11.4. The summed E-state index contributed by atoms with van der Waals surface area (Å²) in [6.07, 6.45) is 1.07. The van der Waals surface area contributed by atoms with Gasteiger partial charge in [0.1, 0.15) is 12.1 Å². The van der Waals surface area contributed by atoms with Crippen molar-refractivity contribution < 1.29 is 23.1 Å². The van der Waals surface area contributed by atoms with Crippen molar-refractivity contribution in [2.45, 2.75) is 31.8 Å². The summed E-state index contributed by atoms with van der Waals surface area (Å²) < 4.78 is 18.7. The molecular weight excluding hydrogens is 473 g/mol. The van der Waals surface area contributed by atoms with Gasteiger partial charge in [0.15, 0.2) is 6.04 Å². The zero-order valence-corrected chi connectivity index (χ0v) is 19.4.